The lowest BCUT2D eigenvalue weighted by atomic mass is 9.81. The number of pyridine rings is 2. The summed E-state index contributed by atoms with van der Waals surface area (Å²) < 4.78 is 5.65. The fraction of sp³-hybridized carbons (Fsp3) is 0.500. The Balaban J connectivity index is 1.55. The number of nitrogens with zero attached hydrogens (tertiary/aromatic N) is 6. The lowest BCUT2D eigenvalue weighted by molar-refractivity contribution is -0.00450. The van der Waals surface area contributed by atoms with Crippen molar-refractivity contribution in [3.63, 3.8) is 0 Å². The Morgan fingerprint density at radius 2 is 1.94 bits per heavy atom. The Bertz CT molecular complexity index is 1340. The lowest BCUT2D eigenvalue weighted by Crippen LogP contribution is -2.67. The first-order valence-electron chi connectivity index (χ1n) is 12.5. The highest BCUT2D eigenvalue weighted by Crippen LogP contribution is 2.39. The number of piperazine rings is 1. The second kappa shape index (κ2) is 9.07. The van der Waals surface area contributed by atoms with Crippen molar-refractivity contribution >= 4 is 22.9 Å². The van der Waals surface area contributed by atoms with Crippen LogP contribution in [-0.4, -0.2) is 66.7 Å². The molecule has 1 unspecified atom stereocenters. The van der Waals surface area contributed by atoms with Gasteiger partial charge in [-0.15, -0.1) is 21.6 Å². The number of allylic oxidation sites excluding steroid dienone is 1. The number of carbonyl (C=O) groups is 1. The Kier molecular flexibility index (Phi) is 6.05. The maximum Gasteiger partial charge on any atom is 0.410 e. The van der Waals surface area contributed by atoms with Crippen LogP contribution in [0.3, 0.4) is 0 Å². The van der Waals surface area contributed by atoms with E-state index in [-0.39, 0.29) is 29.5 Å². The molecule has 4 heterocycles. The topological polar surface area (TPSA) is 109 Å². The number of hydrogen-bond acceptors (Lipinski definition) is 7. The first-order chi connectivity index (χ1) is 17.2. The van der Waals surface area contributed by atoms with Crippen LogP contribution in [0, 0.1) is 0 Å². The van der Waals surface area contributed by atoms with Gasteiger partial charge in [0.05, 0.1) is 11.7 Å². The number of rotatable bonds is 5. The van der Waals surface area contributed by atoms with Gasteiger partial charge in [0.2, 0.25) is 5.43 Å². The van der Waals surface area contributed by atoms with Crippen LogP contribution in [0.1, 0.15) is 58.6 Å². The third kappa shape index (κ3) is 4.25. The molecular weight excluding hydrogens is 458 g/mol. The summed E-state index contributed by atoms with van der Waals surface area (Å²) in [5, 5.41) is 9.09. The summed E-state index contributed by atoms with van der Waals surface area (Å²) in [7, 11) is 0. The van der Waals surface area contributed by atoms with E-state index in [4.69, 9.17) is 4.74 Å². The molecule has 2 fully saturated rings. The molecule has 1 N–H and O–H groups in total. The van der Waals surface area contributed by atoms with E-state index in [1.807, 2.05) is 31.7 Å². The Morgan fingerprint density at radius 3 is 2.58 bits per heavy atom. The molecule has 190 valence electrons. The molecule has 1 saturated heterocycles. The molecule has 1 amide bonds. The van der Waals surface area contributed by atoms with E-state index in [1.165, 1.54) is 4.80 Å². The van der Waals surface area contributed by atoms with Gasteiger partial charge in [-0.1, -0.05) is 13.0 Å². The van der Waals surface area contributed by atoms with Crippen LogP contribution < -0.4 is 10.3 Å². The molecule has 1 saturated carbocycles. The molecule has 5 rings (SSSR count). The fourth-order valence-corrected chi connectivity index (χ4v) is 5.13. The third-order valence-corrected chi connectivity index (χ3v) is 6.96. The van der Waals surface area contributed by atoms with Crippen molar-refractivity contribution in [2.75, 3.05) is 18.0 Å². The van der Waals surface area contributed by atoms with Gasteiger partial charge in [0.1, 0.15) is 11.3 Å². The van der Waals surface area contributed by atoms with Gasteiger partial charge in [0.15, 0.2) is 11.2 Å². The van der Waals surface area contributed by atoms with Crippen LogP contribution in [0.15, 0.2) is 42.0 Å². The number of H-pyrrole nitrogens is 1. The van der Waals surface area contributed by atoms with Crippen molar-refractivity contribution < 1.29 is 9.53 Å². The molecule has 0 aromatic carbocycles. The summed E-state index contributed by atoms with van der Waals surface area (Å²) >= 11 is 0. The molecule has 3 aromatic heterocycles. The van der Waals surface area contributed by atoms with Gasteiger partial charge in [-0.3, -0.25) is 9.78 Å². The number of carbonyl (C=O) groups excluding carboxylic acids is 1. The van der Waals surface area contributed by atoms with Gasteiger partial charge in [-0.2, -0.15) is 0 Å². The predicted octanol–water partition coefficient (Wildman–Crippen LogP) is 3.77. The average molecular weight is 492 g/mol. The van der Waals surface area contributed by atoms with Crippen LogP contribution in [0.25, 0.3) is 16.9 Å². The summed E-state index contributed by atoms with van der Waals surface area (Å²) in [5.41, 5.74) is 2.21. The van der Waals surface area contributed by atoms with Crippen molar-refractivity contribution in [3.8, 4) is 5.69 Å². The summed E-state index contributed by atoms with van der Waals surface area (Å²) in [5.74, 6) is 0.0306. The summed E-state index contributed by atoms with van der Waals surface area (Å²) in [6, 6.07) is 3.65. The second-order valence-corrected chi connectivity index (χ2v) is 10.6. The Hall–Kier alpha value is -3.69. The zero-order chi connectivity index (χ0) is 25.6. The number of hydrogen-bond donors (Lipinski definition) is 1. The Morgan fingerprint density at radius 1 is 1.22 bits per heavy atom. The van der Waals surface area contributed by atoms with E-state index in [2.05, 4.69) is 38.6 Å². The van der Waals surface area contributed by atoms with E-state index in [0.29, 0.717) is 36.4 Å². The second-order valence-electron chi connectivity index (χ2n) is 10.6. The van der Waals surface area contributed by atoms with E-state index in [1.54, 1.807) is 24.5 Å². The summed E-state index contributed by atoms with van der Waals surface area (Å²) in [6.07, 6.45) is 7.39. The number of aromatic nitrogens is 5. The van der Waals surface area contributed by atoms with Gasteiger partial charge < -0.3 is 19.5 Å². The highest BCUT2D eigenvalue weighted by Gasteiger charge is 2.47. The number of fused-ring (bicyclic) bond motifs is 2. The minimum absolute atomic E-state index is 0.0127. The molecular formula is C26H33N7O3. The summed E-state index contributed by atoms with van der Waals surface area (Å²) in [4.78, 5) is 39.8. The van der Waals surface area contributed by atoms with Crippen LogP contribution in [0.4, 0.5) is 10.5 Å². The SMILES string of the molecule is C=CCC(C)c1[nH]c2nn(-c3ccncc3)nc2c(=O)c1N1CCN(C(=O)OC(C)(C)C)[C@H]2CC[C@@H]21. The van der Waals surface area contributed by atoms with Gasteiger partial charge in [0.25, 0.3) is 0 Å². The highest BCUT2D eigenvalue weighted by molar-refractivity contribution is 5.77. The first-order valence-corrected chi connectivity index (χ1v) is 12.5. The maximum absolute atomic E-state index is 14.0. The quantitative estimate of drug-likeness (QED) is 0.541. The summed E-state index contributed by atoms with van der Waals surface area (Å²) in [6.45, 7) is 12.6. The van der Waals surface area contributed by atoms with Crippen LogP contribution in [-0.2, 0) is 4.74 Å². The number of amides is 1. The van der Waals surface area contributed by atoms with E-state index in [0.717, 1.165) is 24.2 Å². The minimum atomic E-state index is -0.552. The predicted molar refractivity (Wildman–Crippen MR) is 138 cm³/mol. The molecule has 0 radical (unpaired) electrons. The van der Waals surface area contributed by atoms with Crippen LogP contribution in [0.2, 0.25) is 0 Å². The van der Waals surface area contributed by atoms with E-state index < -0.39 is 5.60 Å². The van der Waals surface area contributed by atoms with Gasteiger partial charge >= 0.3 is 6.09 Å². The molecule has 0 bridgehead atoms. The van der Waals surface area contributed by atoms with Crippen LogP contribution in [0.5, 0.6) is 0 Å². The molecule has 10 heteroatoms. The van der Waals surface area contributed by atoms with Gasteiger partial charge in [-0.25, -0.2) is 4.79 Å². The standard InChI is InChI=1S/C26H33N7O3/c1-6-7-16(2)20-22(23(34)21-24(28-20)30-33(29-21)17-10-12-27-13-11-17)31-14-15-32(19-9-8-18(19)31)25(35)36-26(3,4)5/h6,10-13,16,18-19H,1,7-9,14-15H2,2-5H3,(H,28,30)/t16?,18-,19-/m0/s1. The highest BCUT2D eigenvalue weighted by atomic mass is 16.6. The third-order valence-electron chi connectivity index (χ3n) is 6.96. The van der Waals surface area contributed by atoms with Crippen LogP contribution >= 0.6 is 0 Å². The number of aromatic amines is 1. The molecule has 2 aliphatic rings. The molecule has 1 aliphatic heterocycles. The first kappa shape index (κ1) is 24.0. The number of anilines is 1. The molecule has 36 heavy (non-hydrogen) atoms. The number of ether oxygens (including phenoxy) is 1. The minimum Gasteiger partial charge on any atom is -0.444 e. The normalized spacial score (nSPS) is 20.6. The largest absolute Gasteiger partial charge is 0.444 e. The molecule has 1 aliphatic carbocycles. The molecule has 10 nitrogen and oxygen atoms in total. The molecule has 3 aromatic rings. The fourth-order valence-electron chi connectivity index (χ4n) is 5.13. The average Bonchev–Trinajstić information content (AvgIpc) is 3.24. The van der Waals surface area contributed by atoms with Crippen molar-refractivity contribution in [1.29, 1.82) is 0 Å². The van der Waals surface area contributed by atoms with E-state index >= 15 is 0 Å². The molecule has 0 spiro atoms. The zero-order valence-electron chi connectivity index (χ0n) is 21.3. The monoisotopic (exact) mass is 491 g/mol. The van der Waals surface area contributed by atoms with Gasteiger partial charge in [0, 0.05) is 43.1 Å². The zero-order valence-corrected chi connectivity index (χ0v) is 21.3. The van der Waals surface area contributed by atoms with Crippen molar-refractivity contribution in [1.82, 2.24) is 29.9 Å². The maximum atomic E-state index is 14.0. The Labute approximate surface area is 209 Å². The molecule has 3 atom stereocenters. The van der Waals surface area contributed by atoms with Crippen molar-refractivity contribution in [3.05, 3.63) is 53.1 Å². The van der Waals surface area contributed by atoms with Crippen molar-refractivity contribution in [2.24, 2.45) is 0 Å². The lowest BCUT2D eigenvalue weighted by Gasteiger charge is -2.54. The van der Waals surface area contributed by atoms with Crippen molar-refractivity contribution in [2.45, 2.75) is 70.6 Å². The van der Waals surface area contributed by atoms with Gasteiger partial charge in [-0.05, 0) is 52.2 Å². The smallest absolute Gasteiger partial charge is 0.410 e. The number of nitrogens with one attached hydrogen (secondary N) is 1. The van der Waals surface area contributed by atoms with E-state index in [9.17, 15) is 9.59 Å².